The first-order valence-corrected chi connectivity index (χ1v) is 31.5. The zero-order valence-corrected chi connectivity index (χ0v) is 55.5. The molecular formula is C66H100N7O7P3. The number of esters is 3. The number of hydrogen-bond acceptors (Lipinski definition) is 13. The Kier molecular flexibility index (Phi) is 39.2. The zero-order valence-electron chi connectivity index (χ0n) is 52.0. The second-order valence-electron chi connectivity index (χ2n) is 17.6. The summed E-state index contributed by atoms with van der Waals surface area (Å²) in [6.45, 7) is 27.4. The van der Waals surface area contributed by atoms with Crippen LogP contribution in [0.25, 0.3) is 10.9 Å². The Hall–Kier alpha value is -6.16. The normalized spacial score (nSPS) is 16.1. The highest BCUT2D eigenvalue weighted by molar-refractivity contribution is 7.19. The minimum absolute atomic E-state index is 0.132. The lowest BCUT2D eigenvalue weighted by molar-refractivity contribution is -0.145. The molecule has 1 amide bonds. The maximum Gasteiger partial charge on any atom is 0.356 e. The van der Waals surface area contributed by atoms with Gasteiger partial charge in [-0.05, 0) is 159 Å². The third-order valence-corrected chi connectivity index (χ3v) is 14.8. The average Bonchev–Trinajstić information content (AvgIpc) is 3.61. The Bertz CT molecular complexity index is 2790. The number of primary amides is 1. The maximum atomic E-state index is 11.7. The van der Waals surface area contributed by atoms with Gasteiger partial charge >= 0.3 is 17.9 Å². The molecule has 7 atom stereocenters. The molecular weight excluding hydrogens is 1100 g/mol. The standard InChI is InChI=1S/C12H16NO2P.C12H15NO2.C12H11NO2.C10H13N2OP.C10H15N2P.5C2H6/c1-2-15-12(14)11-8-7-9-5-3-4-6-10(9)13(11)16;2*1-2-15-12(14)11-8-7-9-5-3-4-6-10(9)13-11;11-10(13)9-6-5-7-3-1-2-4-8(7)12(9)14;11-7-9-6-5-8-3-1-2-4-10(8)12(9)13;5*1-2/h3-6,11H,2,7-8,16H2,1H3;3-6,11,13H,2,7-8H2,1H3;3-8H,2H2,1H3;1-4,9H,5-6,14H2,(H2,11,13);1-4,9H,5-7,11,13H2;5*1-2H3. The number of anilines is 4. The number of amides is 1. The molecule has 83 heavy (non-hydrogen) atoms. The second-order valence-corrected chi connectivity index (χ2v) is 19.2. The SMILES string of the molecule is CC.CC.CC.CC.CC.CCOC(=O)C1CCc2ccccc2N1.CCOC(=O)C1CCc2ccccc2N1P.CCOC(=O)c1ccc2ccccc2n1.NC(=O)C1CCc2ccccc2N1P.NCC1CCc2ccccc2N1P. The third kappa shape index (κ3) is 23.4. The van der Waals surface area contributed by atoms with Crippen LogP contribution in [-0.2, 0) is 54.3 Å². The van der Waals surface area contributed by atoms with Crippen LogP contribution >= 0.6 is 28.2 Å². The molecule has 0 bridgehead atoms. The maximum absolute atomic E-state index is 11.7. The van der Waals surface area contributed by atoms with Gasteiger partial charge in [0.2, 0.25) is 5.91 Å². The van der Waals surface area contributed by atoms with Crippen molar-refractivity contribution < 1.29 is 33.4 Å². The van der Waals surface area contributed by atoms with Gasteiger partial charge in [-0.25, -0.2) is 19.4 Å². The molecule has 5 aromatic carbocycles. The molecule has 17 heteroatoms. The van der Waals surface area contributed by atoms with Gasteiger partial charge in [-0.3, -0.25) is 4.79 Å². The van der Waals surface area contributed by atoms with Crippen LogP contribution in [0.2, 0.25) is 0 Å². The van der Waals surface area contributed by atoms with E-state index in [1.807, 2.05) is 177 Å². The first-order chi connectivity index (χ1) is 40.4. The van der Waals surface area contributed by atoms with Crippen LogP contribution in [-0.4, -0.2) is 79.3 Å². The Morgan fingerprint density at radius 1 is 0.506 bits per heavy atom. The van der Waals surface area contributed by atoms with E-state index in [0.29, 0.717) is 31.6 Å². The summed E-state index contributed by atoms with van der Waals surface area (Å²) in [4.78, 5) is 50.0. The van der Waals surface area contributed by atoms with Crippen LogP contribution in [0.1, 0.15) is 148 Å². The van der Waals surface area contributed by atoms with E-state index in [1.54, 1.807) is 13.0 Å². The van der Waals surface area contributed by atoms with Crippen LogP contribution in [0.4, 0.5) is 22.7 Å². The predicted octanol–water partition coefficient (Wildman–Crippen LogP) is 14.3. The quantitative estimate of drug-likeness (QED) is 0.0744. The number of nitrogens with one attached hydrogen (secondary N) is 1. The minimum atomic E-state index is -0.372. The number of fused-ring (bicyclic) bond motifs is 5. The van der Waals surface area contributed by atoms with Gasteiger partial charge < -0.3 is 45.0 Å². The van der Waals surface area contributed by atoms with Gasteiger partial charge in [0.25, 0.3) is 0 Å². The molecule has 0 spiro atoms. The van der Waals surface area contributed by atoms with E-state index in [-0.39, 0.29) is 41.9 Å². The number of pyridine rings is 1. The first-order valence-electron chi connectivity index (χ1n) is 29.9. The van der Waals surface area contributed by atoms with Gasteiger partial charge in [0.05, 0.1) is 25.3 Å². The van der Waals surface area contributed by atoms with Gasteiger partial charge in [0, 0.05) is 40.7 Å². The van der Waals surface area contributed by atoms with Crippen molar-refractivity contribution in [1.82, 2.24) is 4.98 Å². The second kappa shape index (κ2) is 43.5. The van der Waals surface area contributed by atoms with Crippen molar-refractivity contribution in [3.63, 3.8) is 0 Å². The fourth-order valence-corrected chi connectivity index (χ4v) is 10.6. The van der Waals surface area contributed by atoms with Crippen molar-refractivity contribution in [2.45, 2.75) is 166 Å². The van der Waals surface area contributed by atoms with E-state index in [1.165, 1.54) is 27.9 Å². The number of benzene rings is 5. The number of nitrogens with zero attached hydrogens (tertiary/aromatic N) is 4. The Balaban J connectivity index is 0.000000499. The van der Waals surface area contributed by atoms with Crippen molar-refractivity contribution in [2.24, 2.45) is 11.5 Å². The molecule has 10 rings (SSSR count). The highest BCUT2D eigenvalue weighted by atomic mass is 31.0. The molecule has 4 aliphatic heterocycles. The van der Waals surface area contributed by atoms with E-state index < -0.39 is 0 Å². The molecule has 1 aromatic heterocycles. The fourth-order valence-electron chi connectivity index (χ4n) is 9.00. The Morgan fingerprint density at radius 2 is 0.928 bits per heavy atom. The summed E-state index contributed by atoms with van der Waals surface area (Å²) < 4.78 is 21.0. The summed E-state index contributed by atoms with van der Waals surface area (Å²) in [6, 6.07) is 44.0. The molecule has 456 valence electrons. The number of ether oxygens (including phenoxy) is 3. The smallest absolute Gasteiger partial charge is 0.356 e. The molecule has 14 nitrogen and oxygen atoms in total. The lowest BCUT2D eigenvalue weighted by Crippen LogP contribution is -2.42. The molecule has 0 radical (unpaired) electrons. The summed E-state index contributed by atoms with van der Waals surface area (Å²) >= 11 is 0. The number of hydrogen-bond donors (Lipinski definition) is 3. The van der Waals surface area contributed by atoms with Crippen LogP contribution in [0.5, 0.6) is 0 Å². The lowest BCUT2D eigenvalue weighted by atomic mass is 9.98. The molecule has 4 aliphatic rings. The lowest BCUT2D eigenvalue weighted by Gasteiger charge is -2.34. The highest BCUT2D eigenvalue weighted by Gasteiger charge is 2.30. The molecule has 0 aliphatic carbocycles. The van der Waals surface area contributed by atoms with E-state index in [0.717, 1.165) is 85.9 Å². The monoisotopic (exact) mass is 1200 g/mol. The van der Waals surface area contributed by atoms with E-state index in [2.05, 4.69) is 85.6 Å². The topological polar surface area (TPSA) is 183 Å². The Labute approximate surface area is 505 Å². The Morgan fingerprint density at radius 3 is 1.45 bits per heavy atom. The summed E-state index contributed by atoms with van der Waals surface area (Å²) in [5.74, 6) is -0.906. The number of carbonyl (C=O) groups excluding carboxylic acids is 4. The van der Waals surface area contributed by atoms with Crippen molar-refractivity contribution in [2.75, 3.05) is 45.7 Å². The van der Waals surface area contributed by atoms with Crippen molar-refractivity contribution in [1.29, 1.82) is 0 Å². The van der Waals surface area contributed by atoms with Crippen molar-refractivity contribution in [3.05, 3.63) is 161 Å². The molecule has 5 heterocycles. The number of para-hydroxylation sites is 5. The first kappa shape index (κ1) is 74.9. The number of aromatic nitrogens is 1. The summed E-state index contributed by atoms with van der Waals surface area (Å²) in [6.07, 6.45) is 7.55. The molecule has 7 unspecified atom stereocenters. The van der Waals surface area contributed by atoms with Crippen molar-refractivity contribution >= 4 is 85.6 Å². The average molecular weight is 1200 g/mol. The van der Waals surface area contributed by atoms with Gasteiger partial charge in [0.1, 0.15) is 23.8 Å². The van der Waals surface area contributed by atoms with E-state index in [4.69, 9.17) is 25.7 Å². The van der Waals surface area contributed by atoms with Crippen LogP contribution in [0, 0.1) is 0 Å². The van der Waals surface area contributed by atoms with E-state index >= 15 is 0 Å². The molecule has 5 N–H and O–H groups in total. The van der Waals surface area contributed by atoms with Crippen LogP contribution in [0.3, 0.4) is 0 Å². The van der Waals surface area contributed by atoms with Crippen molar-refractivity contribution in [3.8, 4) is 0 Å². The number of nitrogens with two attached hydrogens (primary N) is 2. The van der Waals surface area contributed by atoms with Gasteiger partial charge in [-0.1, -0.05) is 166 Å². The van der Waals surface area contributed by atoms with Gasteiger partial charge in [-0.2, -0.15) is 0 Å². The van der Waals surface area contributed by atoms with Gasteiger partial charge in [0.15, 0.2) is 0 Å². The molecule has 0 saturated heterocycles. The highest BCUT2D eigenvalue weighted by Crippen LogP contribution is 2.35. The molecule has 0 fully saturated rings. The largest absolute Gasteiger partial charge is 0.464 e. The number of aryl methyl sites for hydroxylation is 4. The number of rotatable bonds is 8. The minimum Gasteiger partial charge on any atom is -0.464 e. The number of carbonyl (C=O) groups is 4. The van der Waals surface area contributed by atoms with Gasteiger partial charge in [-0.15, -0.1) is 0 Å². The summed E-state index contributed by atoms with van der Waals surface area (Å²) in [5, 5.41) is 4.23. The van der Waals surface area contributed by atoms with E-state index in [9.17, 15) is 19.2 Å². The van der Waals surface area contributed by atoms with Crippen LogP contribution < -0.4 is 30.8 Å². The summed E-state index contributed by atoms with van der Waals surface area (Å²) in [5.41, 5.74) is 22.0. The van der Waals surface area contributed by atoms with Crippen LogP contribution in [0.15, 0.2) is 133 Å². The summed E-state index contributed by atoms with van der Waals surface area (Å²) in [7, 11) is 7.97. The fraction of sp³-hybridized carbons (Fsp3) is 0.439. The molecule has 6 aromatic rings. The predicted molar refractivity (Wildman–Crippen MR) is 360 cm³/mol. The third-order valence-electron chi connectivity index (χ3n) is 12.9. The zero-order chi connectivity index (χ0) is 62.3. The molecule has 0 saturated carbocycles.